The monoisotopic (exact) mass is 308 g/mol. The highest BCUT2D eigenvalue weighted by molar-refractivity contribution is 6.17. The van der Waals surface area contributed by atoms with Gasteiger partial charge in [0, 0.05) is 41.4 Å². The number of rotatable bonds is 3. The van der Waals surface area contributed by atoms with Gasteiger partial charge in [-0.3, -0.25) is 9.98 Å². The average Bonchev–Trinajstić information content (AvgIpc) is 2.87. The molecule has 1 unspecified atom stereocenters. The summed E-state index contributed by atoms with van der Waals surface area (Å²) in [5.74, 6) is 0. The van der Waals surface area contributed by atoms with Crippen molar-refractivity contribution in [2.24, 2.45) is 4.99 Å². The van der Waals surface area contributed by atoms with E-state index in [2.05, 4.69) is 36.6 Å². The number of anilines is 1. The number of aromatic nitrogens is 3. The van der Waals surface area contributed by atoms with Crippen LogP contribution in [0.15, 0.2) is 36.0 Å². The van der Waals surface area contributed by atoms with E-state index in [1.807, 2.05) is 18.6 Å². The van der Waals surface area contributed by atoms with E-state index in [1.165, 1.54) is 12.8 Å². The Kier molecular flexibility index (Phi) is 3.98. The van der Waals surface area contributed by atoms with E-state index in [-0.39, 0.29) is 0 Å². The van der Waals surface area contributed by atoms with Gasteiger partial charge in [-0.05, 0) is 38.4 Å². The molecule has 0 aliphatic carbocycles. The number of nitrogens with zero attached hydrogens (tertiary/aromatic N) is 4. The molecule has 6 nitrogen and oxygen atoms in total. The van der Waals surface area contributed by atoms with Crippen LogP contribution in [0.4, 0.5) is 5.69 Å². The molecule has 2 aromatic rings. The molecule has 0 bridgehead atoms. The predicted molar refractivity (Wildman–Crippen MR) is 89.7 cm³/mol. The standard InChI is InChI=1S/C17H20N6/c1-2-13(3-6-18-5-1)23-14-4-7-21-15-10-22-17(16(14)15)12-8-19-11-20-9-12/h4,7-9,11,13,18H,1-3,5-6,10H2,(H,21,23). The summed E-state index contributed by atoms with van der Waals surface area (Å²) in [6.07, 6.45) is 10.6. The normalized spacial score (nSPS) is 20.5. The van der Waals surface area contributed by atoms with Gasteiger partial charge in [0.1, 0.15) is 6.33 Å². The number of nitrogens with one attached hydrogen (secondary N) is 2. The lowest BCUT2D eigenvalue weighted by molar-refractivity contribution is 0.637. The van der Waals surface area contributed by atoms with Gasteiger partial charge in [0.05, 0.1) is 18.0 Å². The molecular weight excluding hydrogens is 288 g/mol. The molecule has 2 aliphatic rings. The summed E-state index contributed by atoms with van der Waals surface area (Å²) in [5, 5.41) is 7.18. The van der Waals surface area contributed by atoms with Gasteiger partial charge in [-0.15, -0.1) is 0 Å². The fraction of sp³-hybridized carbons (Fsp3) is 0.412. The molecule has 4 rings (SSSR count). The molecule has 4 heterocycles. The second kappa shape index (κ2) is 6.42. The number of fused-ring (bicyclic) bond motifs is 1. The Morgan fingerprint density at radius 1 is 1.13 bits per heavy atom. The highest BCUT2D eigenvalue weighted by Gasteiger charge is 2.24. The minimum atomic E-state index is 0.491. The first-order valence-corrected chi connectivity index (χ1v) is 8.17. The van der Waals surface area contributed by atoms with Crippen molar-refractivity contribution in [1.29, 1.82) is 0 Å². The lowest BCUT2D eigenvalue weighted by Crippen LogP contribution is -2.23. The Balaban J connectivity index is 1.65. The molecule has 0 saturated carbocycles. The van der Waals surface area contributed by atoms with Gasteiger partial charge in [-0.25, -0.2) is 9.97 Å². The maximum atomic E-state index is 4.67. The van der Waals surface area contributed by atoms with Crippen LogP contribution in [0.2, 0.25) is 0 Å². The van der Waals surface area contributed by atoms with Crippen LogP contribution in [0.3, 0.4) is 0 Å². The van der Waals surface area contributed by atoms with Crippen LogP contribution in [-0.4, -0.2) is 39.8 Å². The van der Waals surface area contributed by atoms with Crippen molar-refractivity contribution < 1.29 is 0 Å². The summed E-state index contributed by atoms with van der Waals surface area (Å²) >= 11 is 0. The Labute approximate surface area is 135 Å². The van der Waals surface area contributed by atoms with Crippen LogP contribution >= 0.6 is 0 Å². The lowest BCUT2D eigenvalue weighted by Gasteiger charge is -2.20. The molecule has 0 spiro atoms. The van der Waals surface area contributed by atoms with Crippen LogP contribution < -0.4 is 10.6 Å². The first-order valence-electron chi connectivity index (χ1n) is 8.17. The zero-order valence-electron chi connectivity index (χ0n) is 13.0. The van der Waals surface area contributed by atoms with Gasteiger partial charge in [0.25, 0.3) is 0 Å². The Hall–Kier alpha value is -2.34. The first kappa shape index (κ1) is 14.3. The third-order valence-electron chi connectivity index (χ3n) is 4.42. The molecule has 0 radical (unpaired) electrons. The van der Waals surface area contributed by atoms with Crippen molar-refractivity contribution in [3.05, 3.63) is 47.8 Å². The van der Waals surface area contributed by atoms with Crippen LogP contribution in [0.5, 0.6) is 0 Å². The fourth-order valence-electron chi connectivity index (χ4n) is 3.28. The second-order valence-corrected chi connectivity index (χ2v) is 5.99. The van der Waals surface area contributed by atoms with Gasteiger partial charge in [0.15, 0.2) is 0 Å². The molecule has 2 aromatic heterocycles. The van der Waals surface area contributed by atoms with E-state index in [0.717, 1.165) is 47.7 Å². The van der Waals surface area contributed by atoms with Crippen molar-refractivity contribution in [1.82, 2.24) is 20.3 Å². The minimum Gasteiger partial charge on any atom is -0.382 e. The zero-order valence-corrected chi connectivity index (χ0v) is 13.0. The molecule has 118 valence electrons. The maximum Gasteiger partial charge on any atom is 0.115 e. The van der Waals surface area contributed by atoms with E-state index >= 15 is 0 Å². The smallest absolute Gasteiger partial charge is 0.115 e. The zero-order chi connectivity index (χ0) is 15.5. The molecule has 6 heteroatoms. The fourth-order valence-corrected chi connectivity index (χ4v) is 3.28. The Bertz CT molecular complexity index is 704. The molecule has 1 atom stereocenters. The first-order chi connectivity index (χ1) is 11.4. The van der Waals surface area contributed by atoms with Crippen LogP contribution in [0, 0.1) is 0 Å². The number of hydrogen-bond donors (Lipinski definition) is 2. The van der Waals surface area contributed by atoms with E-state index in [4.69, 9.17) is 0 Å². The van der Waals surface area contributed by atoms with E-state index in [9.17, 15) is 0 Å². The molecular formula is C17H20N6. The number of hydrogen-bond acceptors (Lipinski definition) is 6. The van der Waals surface area contributed by atoms with E-state index < -0.39 is 0 Å². The van der Waals surface area contributed by atoms with Crippen molar-refractivity contribution in [2.45, 2.75) is 31.8 Å². The Morgan fingerprint density at radius 2 is 2.04 bits per heavy atom. The highest BCUT2D eigenvalue weighted by Crippen LogP contribution is 2.29. The summed E-state index contributed by atoms with van der Waals surface area (Å²) in [6.45, 7) is 2.81. The Morgan fingerprint density at radius 3 is 2.96 bits per heavy atom. The number of pyridine rings is 1. The van der Waals surface area contributed by atoms with Crippen LogP contribution in [-0.2, 0) is 6.54 Å². The minimum absolute atomic E-state index is 0.491. The predicted octanol–water partition coefficient (Wildman–Crippen LogP) is 1.78. The quantitative estimate of drug-likeness (QED) is 0.904. The summed E-state index contributed by atoms with van der Waals surface area (Å²) < 4.78 is 0. The molecule has 23 heavy (non-hydrogen) atoms. The molecule has 0 amide bonds. The van der Waals surface area contributed by atoms with Gasteiger partial charge in [0.2, 0.25) is 0 Å². The van der Waals surface area contributed by atoms with Gasteiger partial charge >= 0.3 is 0 Å². The van der Waals surface area contributed by atoms with Crippen molar-refractivity contribution >= 4 is 11.4 Å². The lowest BCUT2D eigenvalue weighted by atomic mass is 10.0. The molecule has 1 saturated heterocycles. The SMILES string of the molecule is c1ncc(C2=NCc3nccc(NC4CCCNCC4)c32)cn1. The van der Waals surface area contributed by atoms with Gasteiger partial charge in [-0.2, -0.15) is 0 Å². The molecule has 0 aromatic carbocycles. The molecule has 1 fully saturated rings. The topological polar surface area (TPSA) is 75.1 Å². The molecule has 2 N–H and O–H groups in total. The average molecular weight is 308 g/mol. The van der Waals surface area contributed by atoms with Crippen molar-refractivity contribution in [3.63, 3.8) is 0 Å². The molecule has 2 aliphatic heterocycles. The van der Waals surface area contributed by atoms with Crippen molar-refractivity contribution in [3.8, 4) is 0 Å². The summed E-state index contributed by atoms with van der Waals surface area (Å²) in [4.78, 5) is 17.4. The van der Waals surface area contributed by atoms with Gasteiger partial charge in [-0.1, -0.05) is 0 Å². The summed E-state index contributed by atoms with van der Waals surface area (Å²) in [5.41, 5.74) is 5.16. The largest absolute Gasteiger partial charge is 0.382 e. The van der Waals surface area contributed by atoms with Gasteiger partial charge < -0.3 is 10.6 Å². The maximum absolute atomic E-state index is 4.67. The third kappa shape index (κ3) is 2.94. The van der Waals surface area contributed by atoms with E-state index in [1.54, 1.807) is 6.33 Å². The highest BCUT2D eigenvalue weighted by atomic mass is 15.0. The second-order valence-electron chi connectivity index (χ2n) is 5.99. The third-order valence-corrected chi connectivity index (χ3v) is 4.42. The number of aliphatic imine (C=N–C) groups is 1. The van der Waals surface area contributed by atoms with E-state index in [0.29, 0.717) is 12.6 Å². The summed E-state index contributed by atoms with van der Waals surface area (Å²) in [7, 11) is 0. The summed E-state index contributed by atoms with van der Waals surface area (Å²) in [6, 6.07) is 2.55. The van der Waals surface area contributed by atoms with Crippen molar-refractivity contribution in [2.75, 3.05) is 18.4 Å². The van der Waals surface area contributed by atoms with Crippen LogP contribution in [0.1, 0.15) is 36.1 Å². The van der Waals surface area contributed by atoms with Crippen LogP contribution in [0.25, 0.3) is 0 Å².